The highest BCUT2D eigenvalue weighted by Gasteiger charge is 2.18. The van der Waals surface area contributed by atoms with Gasteiger partial charge >= 0.3 is 0 Å². The number of nitrogens with one attached hydrogen (secondary N) is 1. The van der Waals surface area contributed by atoms with Gasteiger partial charge in [0.15, 0.2) is 9.84 Å². The summed E-state index contributed by atoms with van der Waals surface area (Å²) in [6.07, 6.45) is 1.39. The maximum atomic E-state index is 13.8. The number of nitrogens with zero attached hydrogens (tertiary/aromatic N) is 1. The zero-order valence-electron chi connectivity index (χ0n) is 15.2. The van der Waals surface area contributed by atoms with Crippen LogP contribution < -0.4 is 10.1 Å². The fourth-order valence-corrected chi connectivity index (χ4v) is 3.35. The Bertz CT molecular complexity index is 1170. The number of hydrogen-bond donors (Lipinski definition) is 1. The van der Waals surface area contributed by atoms with Crippen molar-refractivity contribution in [2.75, 3.05) is 11.1 Å². The summed E-state index contributed by atoms with van der Waals surface area (Å²) in [7, 11) is -3.44. The van der Waals surface area contributed by atoms with Gasteiger partial charge in [-0.2, -0.15) is 0 Å². The van der Waals surface area contributed by atoms with E-state index in [4.69, 9.17) is 4.74 Å². The van der Waals surface area contributed by atoms with Crippen molar-refractivity contribution in [3.8, 4) is 11.6 Å². The number of halogens is 2. The van der Waals surface area contributed by atoms with Gasteiger partial charge in [0.1, 0.15) is 22.9 Å². The van der Waals surface area contributed by atoms with Crippen molar-refractivity contribution in [1.29, 1.82) is 0 Å². The van der Waals surface area contributed by atoms with Crippen molar-refractivity contribution in [2.24, 2.45) is 0 Å². The molecule has 0 saturated carbocycles. The Labute approximate surface area is 166 Å². The van der Waals surface area contributed by atoms with Crippen LogP contribution in [0.25, 0.3) is 0 Å². The van der Waals surface area contributed by atoms with Gasteiger partial charge in [0.05, 0.1) is 16.3 Å². The second kappa shape index (κ2) is 8.36. The van der Waals surface area contributed by atoms with Gasteiger partial charge in [-0.1, -0.05) is 13.0 Å². The molecule has 0 aliphatic carbocycles. The summed E-state index contributed by atoms with van der Waals surface area (Å²) in [6, 6.07) is 11.4. The second-order valence-electron chi connectivity index (χ2n) is 5.91. The average molecular weight is 418 g/mol. The van der Waals surface area contributed by atoms with Crippen LogP contribution in [0.2, 0.25) is 0 Å². The Morgan fingerprint density at radius 2 is 1.90 bits per heavy atom. The predicted octanol–water partition coefficient (Wildman–Crippen LogP) is 4.20. The van der Waals surface area contributed by atoms with E-state index < -0.39 is 27.4 Å². The predicted molar refractivity (Wildman–Crippen MR) is 103 cm³/mol. The lowest BCUT2D eigenvalue weighted by Crippen LogP contribution is -2.14. The van der Waals surface area contributed by atoms with E-state index in [0.717, 1.165) is 12.1 Å². The highest BCUT2D eigenvalue weighted by molar-refractivity contribution is 7.91. The summed E-state index contributed by atoms with van der Waals surface area (Å²) in [4.78, 5) is 16.6. The summed E-state index contributed by atoms with van der Waals surface area (Å²) >= 11 is 0. The normalized spacial score (nSPS) is 11.1. The van der Waals surface area contributed by atoms with E-state index in [9.17, 15) is 22.0 Å². The first-order valence-corrected chi connectivity index (χ1v) is 10.2. The lowest BCUT2D eigenvalue weighted by molar-refractivity contribution is 0.102. The number of rotatable bonds is 6. The van der Waals surface area contributed by atoms with E-state index >= 15 is 0 Å². The van der Waals surface area contributed by atoms with Gasteiger partial charge in [-0.3, -0.25) is 4.79 Å². The lowest BCUT2D eigenvalue weighted by atomic mass is 10.2. The third kappa shape index (κ3) is 4.75. The molecular formula is C20H16F2N2O4S. The topological polar surface area (TPSA) is 85.4 Å². The molecule has 0 bridgehead atoms. The quantitative estimate of drug-likeness (QED) is 0.649. The Morgan fingerprint density at radius 3 is 2.62 bits per heavy atom. The molecule has 3 aromatic rings. The average Bonchev–Trinajstić information content (AvgIpc) is 2.70. The minimum atomic E-state index is -3.44. The van der Waals surface area contributed by atoms with E-state index in [1.807, 2.05) is 0 Å². The molecule has 0 aliphatic heterocycles. The standard InChI is InChI=1S/C20H16F2N2O4S/c1-2-29(26,27)15-6-3-5-14(12-15)28-20-16(7-4-10-23-20)19(25)24-18-9-8-13(21)11-17(18)22/h3-12H,2H2,1H3,(H,24,25). The van der Waals surface area contributed by atoms with Gasteiger partial charge in [-0.05, 0) is 42.5 Å². The molecule has 1 N–H and O–H groups in total. The fourth-order valence-electron chi connectivity index (χ4n) is 2.43. The minimum Gasteiger partial charge on any atom is -0.438 e. The third-order valence-electron chi connectivity index (χ3n) is 3.95. The monoisotopic (exact) mass is 418 g/mol. The Kier molecular flexibility index (Phi) is 5.88. The van der Waals surface area contributed by atoms with Crippen LogP contribution >= 0.6 is 0 Å². The van der Waals surface area contributed by atoms with Crippen LogP contribution in [0.3, 0.4) is 0 Å². The molecule has 1 heterocycles. The summed E-state index contributed by atoms with van der Waals surface area (Å²) < 4.78 is 56.5. The van der Waals surface area contributed by atoms with Crippen molar-refractivity contribution < 1.29 is 26.7 Å². The van der Waals surface area contributed by atoms with Crippen LogP contribution in [0.4, 0.5) is 14.5 Å². The number of sulfone groups is 1. The molecule has 0 aliphatic rings. The molecule has 0 radical (unpaired) electrons. The molecule has 3 rings (SSSR count). The van der Waals surface area contributed by atoms with Crippen molar-refractivity contribution in [1.82, 2.24) is 4.98 Å². The van der Waals surface area contributed by atoms with Crippen LogP contribution in [0.15, 0.2) is 65.7 Å². The van der Waals surface area contributed by atoms with Gasteiger partial charge in [-0.15, -0.1) is 0 Å². The molecule has 0 atom stereocenters. The highest BCUT2D eigenvalue weighted by atomic mass is 32.2. The Balaban J connectivity index is 1.88. The molecule has 0 unspecified atom stereocenters. The van der Waals surface area contributed by atoms with E-state index in [2.05, 4.69) is 10.3 Å². The van der Waals surface area contributed by atoms with Crippen molar-refractivity contribution in [3.05, 3.63) is 78.0 Å². The highest BCUT2D eigenvalue weighted by Crippen LogP contribution is 2.26. The number of carbonyl (C=O) groups is 1. The number of ether oxygens (including phenoxy) is 1. The molecule has 0 spiro atoms. The van der Waals surface area contributed by atoms with Gasteiger partial charge in [-0.25, -0.2) is 22.2 Å². The number of hydrogen-bond acceptors (Lipinski definition) is 5. The molecule has 2 aromatic carbocycles. The summed E-state index contributed by atoms with van der Waals surface area (Å²) in [5, 5.41) is 2.33. The van der Waals surface area contributed by atoms with Crippen LogP contribution in [0, 0.1) is 11.6 Å². The van der Waals surface area contributed by atoms with Gasteiger partial charge in [0, 0.05) is 12.3 Å². The molecule has 0 saturated heterocycles. The van der Waals surface area contributed by atoms with Crippen LogP contribution in [0.5, 0.6) is 11.6 Å². The summed E-state index contributed by atoms with van der Waals surface area (Å²) in [5.41, 5.74) is -0.220. The molecular weight excluding hydrogens is 402 g/mol. The van der Waals surface area contributed by atoms with E-state index in [1.54, 1.807) is 0 Å². The summed E-state index contributed by atoms with van der Waals surface area (Å²) in [5.74, 6) is -2.43. The van der Waals surface area contributed by atoms with Gasteiger partial charge in [0.25, 0.3) is 5.91 Å². The van der Waals surface area contributed by atoms with Crippen molar-refractivity contribution in [3.63, 3.8) is 0 Å². The van der Waals surface area contributed by atoms with Crippen LogP contribution in [0.1, 0.15) is 17.3 Å². The van der Waals surface area contributed by atoms with Crippen LogP contribution in [-0.4, -0.2) is 25.1 Å². The fraction of sp³-hybridized carbons (Fsp3) is 0.100. The largest absolute Gasteiger partial charge is 0.438 e. The smallest absolute Gasteiger partial charge is 0.261 e. The van der Waals surface area contributed by atoms with Gasteiger partial charge < -0.3 is 10.1 Å². The summed E-state index contributed by atoms with van der Waals surface area (Å²) in [6.45, 7) is 1.53. The second-order valence-corrected chi connectivity index (χ2v) is 8.19. The zero-order chi connectivity index (χ0) is 21.0. The van der Waals surface area contributed by atoms with Crippen molar-refractivity contribution in [2.45, 2.75) is 11.8 Å². The molecule has 6 nitrogen and oxygen atoms in total. The molecule has 29 heavy (non-hydrogen) atoms. The number of benzene rings is 2. The van der Waals surface area contributed by atoms with E-state index in [1.165, 1.54) is 49.5 Å². The molecule has 0 fully saturated rings. The number of aromatic nitrogens is 1. The maximum Gasteiger partial charge on any atom is 0.261 e. The minimum absolute atomic E-state index is 0.0139. The molecule has 9 heteroatoms. The maximum absolute atomic E-state index is 13.8. The number of pyridine rings is 1. The lowest BCUT2D eigenvalue weighted by Gasteiger charge is -2.11. The molecule has 1 aromatic heterocycles. The molecule has 1 amide bonds. The van der Waals surface area contributed by atoms with Gasteiger partial charge in [0.2, 0.25) is 5.88 Å². The SMILES string of the molecule is CCS(=O)(=O)c1cccc(Oc2ncccc2C(=O)Nc2ccc(F)cc2F)c1. The first kappa shape index (κ1) is 20.4. The van der Waals surface area contributed by atoms with E-state index in [0.29, 0.717) is 6.07 Å². The van der Waals surface area contributed by atoms with Crippen molar-refractivity contribution >= 4 is 21.4 Å². The Morgan fingerprint density at radius 1 is 1.10 bits per heavy atom. The third-order valence-corrected chi connectivity index (χ3v) is 5.69. The number of amides is 1. The number of carbonyl (C=O) groups excluding carboxylic acids is 1. The first-order valence-electron chi connectivity index (χ1n) is 8.52. The molecule has 150 valence electrons. The van der Waals surface area contributed by atoms with Crippen LogP contribution in [-0.2, 0) is 9.84 Å². The van der Waals surface area contributed by atoms with E-state index in [-0.39, 0.29) is 33.5 Å². The Hall–Kier alpha value is -3.33. The zero-order valence-corrected chi connectivity index (χ0v) is 16.0. The first-order chi connectivity index (χ1) is 13.8. The number of anilines is 1.